The van der Waals surface area contributed by atoms with Gasteiger partial charge in [0.1, 0.15) is 24.9 Å². The first-order valence-electron chi connectivity index (χ1n) is 13.0. The van der Waals surface area contributed by atoms with Crippen molar-refractivity contribution in [2.75, 3.05) is 6.61 Å². The second kappa shape index (κ2) is 12.1. The number of carbonyl (C=O) groups is 2. The van der Waals surface area contributed by atoms with Crippen LogP contribution in [0.2, 0.25) is 0 Å². The summed E-state index contributed by atoms with van der Waals surface area (Å²) in [6.07, 6.45) is -2.73. The number of esters is 2. The molecule has 2 heterocycles. The summed E-state index contributed by atoms with van der Waals surface area (Å²) in [5, 5.41) is 0. The number of rotatable bonds is 10. The van der Waals surface area contributed by atoms with Crippen LogP contribution in [-0.4, -0.2) is 55.0 Å². The van der Waals surface area contributed by atoms with Gasteiger partial charge in [-0.1, -0.05) is 66.7 Å². The van der Waals surface area contributed by atoms with Crippen LogP contribution in [0.1, 0.15) is 46.5 Å². The largest absolute Gasteiger partial charge is 0.458 e. The van der Waals surface area contributed by atoms with E-state index in [2.05, 4.69) is 0 Å². The van der Waals surface area contributed by atoms with Crippen molar-refractivity contribution < 1.29 is 38.0 Å². The molecular formula is C31H32O8. The van der Waals surface area contributed by atoms with E-state index < -0.39 is 48.4 Å². The second-order valence-electron chi connectivity index (χ2n) is 10.00. The molecule has 39 heavy (non-hydrogen) atoms. The monoisotopic (exact) mass is 532 g/mol. The number of hydrogen-bond acceptors (Lipinski definition) is 8. The van der Waals surface area contributed by atoms with Crippen LogP contribution in [0.15, 0.2) is 91.0 Å². The van der Waals surface area contributed by atoms with Crippen LogP contribution in [0, 0.1) is 0 Å². The zero-order valence-corrected chi connectivity index (χ0v) is 21.9. The molecule has 2 aliphatic rings. The normalized spacial score (nSPS) is 24.1. The van der Waals surface area contributed by atoms with Crippen LogP contribution in [0.25, 0.3) is 0 Å². The molecule has 8 heteroatoms. The first-order valence-corrected chi connectivity index (χ1v) is 13.0. The highest BCUT2D eigenvalue weighted by Crippen LogP contribution is 2.40. The molecule has 3 aromatic carbocycles. The molecule has 0 aliphatic carbocycles. The van der Waals surface area contributed by atoms with Crippen LogP contribution in [0.3, 0.4) is 0 Å². The van der Waals surface area contributed by atoms with Gasteiger partial charge in [0.25, 0.3) is 0 Å². The van der Waals surface area contributed by atoms with E-state index in [-0.39, 0.29) is 13.0 Å². The lowest BCUT2D eigenvalue weighted by atomic mass is 10.0. The fraction of sp³-hybridized carbons (Fsp3) is 0.355. The van der Waals surface area contributed by atoms with Crippen molar-refractivity contribution in [3.8, 4) is 0 Å². The van der Waals surface area contributed by atoms with Crippen LogP contribution in [-0.2, 0) is 35.0 Å². The Hall–Kier alpha value is -3.56. The van der Waals surface area contributed by atoms with Gasteiger partial charge in [-0.2, -0.15) is 0 Å². The predicted octanol–water partition coefficient (Wildman–Crippen LogP) is 4.92. The van der Waals surface area contributed by atoms with E-state index in [1.54, 1.807) is 48.5 Å². The van der Waals surface area contributed by atoms with Crippen molar-refractivity contribution in [1.29, 1.82) is 0 Å². The number of hydrogen-bond donors (Lipinski definition) is 0. The lowest BCUT2D eigenvalue weighted by molar-refractivity contribution is -0.222. The van der Waals surface area contributed by atoms with Crippen LogP contribution < -0.4 is 0 Å². The van der Waals surface area contributed by atoms with E-state index in [1.807, 2.05) is 56.3 Å². The zero-order valence-electron chi connectivity index (χ0n) is 21.9. The molecule has 5 atom stereocenters. The molecule has 0 bridgehead atoms. The van der Waals surface area contributed by atoms with Crippen LogP contribution in [0.4, 0.5) is 0 Å². The summed E-state index contributed by atoms with van der Waals surface area (Å²) >= 11 is 0. The maximum Gasteiger partial charge on any atom is 0.338 e. The average molecular weight is 533 g/mol. The fourth-order valence-corrected chi connectivity index (χ4v) is 4.73. The topological polar surface area (TPSA) is 89.5 Å². The number of benzene rings is 3. The molecule has 5 rings (SSSR count). The summed E-state index contributed by atoms with van der Waals surface area (Å²) in [4.78, 5) is 25.6. The maximum absolute atomic E-state index is 12.9. The van der Waals surface area contributed by atoms with Crippen molar-refractivity contribution in [2.45, 2.75) is 63.4 Å². The third-order valence-corrected chi connectivity index (χ3v) is 6.56. The summed E-state index contributed by atoms with van der Waals surface area (Å²) in [7, 11) is 0. The van der Waals surface area contributed by atoms with E-state index in [4.69, 9.17) is 28.4 Å². The Morgan fingerprint density at radius 1 is 0.821 bits per heavy atom. The van der Waals surface area contributed by atoms with Gasteiger partial charge in [-0.05, 0) is 43.7 Å². The second-order valence-corrected chi connectivity index (χ2v) is 10.00. The Balaban J connectivity index is 1.31. The predicted molar refractivity (Wildman–Crippen MR) is 141 cm³/mol. The number of carbonyl (C=O) groups excluding carboxylic acids is 2. The Labute approximate surface area is 227 Å². The highest BCUT2D eigenvalue weighted by Gasteiger charge is 2.55. The third-order valence-electron chi connectivity index (χ3n) is 6.56. The summed E-state index contributed by atoms with van der Waals surface area (Å²) in [6.45, 7) is 3.84. The molecule has 2 saturated heterocycles. The first kappa shape index (κ1) is 27.0. The molecule has 0 spiro atoms. The van der Waals surface area contributed by atoms with Gasteiger partial charge >= 0.3 is 11.9 Å². The van der Waals surface area contributed by atoms with Crippen molar-refractivity contribution in [1.82, 2.24) is 0 Å². The minimum absolute atomic E-state index is 0.153. The van der Waals surface area contributed by atoms with Gasteiger partial charge in [0, 0.05) is 6.42 Å². The molecule has 0 amide bonds. The summed E-state index contributed by atoms with van der Waals surface area (Å²) in [6, 6.07) is 27.1. The van der Waals surface area contributed by atoms with Crippen molar-refractivity contribution >= 4 is 11.9 Å². The molecule has 0 unspecified atom stereocenters. The highest BCUT2D eigenvalue weighted by atomic mass is 16.8. The van der Waals surface area contributed by atoms with Crippen molar-refractivity contribution in [3.05, 3.63) is 108 Å². The molecular weight excluding hydrogens is 500 g/mol. The molecule has 0 N–H and O–H groups in total. The lowest BCUT2D eigenvalue weighted by Gasteiger charge is -2.28. The lowest BCUT2D eigenvalue weighted by Crippen LogP contribution is -2.40. The minimum Gasteiger partial charge on any atom is -0.458 e. The van der Waals surface area contributed by atoms with Gasteiger partial charge in [-0.25, -0.2) is 9.59 Å². The smallest absolute Gasteiger partial charge is 0.338 e. The molecule has 0 aromatic heterocycles. The van der Waals surface area contributed by atoms with Crippen molar-refractivity contribution in [3.63, 3.8) is 0 Å². The Morgan fingerprint density at radius 2 is 1.41 bits per heavy atom. The fourth-order valence-electron chi connectivity index (χ4n) is 4.73. The van der Waals surface area contributed by atoms with Gasteiger partial charge in [0.15, 0.2) is 12.1 Å². The third kappa shape index (κ3) is 6.91. The van der Waals surface area contributed by atoms with E-state index in [9.17, 15) is 9.59 Å². The molecule has 0 saturated carbocycles. The van der Waals surface area contributed by atoms with Crippen molar-refractivity contribution in [2.24, 2.45) is 0 Å². The molecule has 204 valence electrons. The molecule has 8 nitrogen and oxygen atoms in total. The molecule has 2 aliphatic heterocycles. The summed E-state index contributed by atoms with van der Waals surface area (Å²) < 4.78 is 36.0. The number of fused-ring (bicyclic) bond motifs is 1. The first-order chi connectivity index (χ1) is 18.9. The Bertz CT molecular complexity index is 1230. The van der Waals surface area contributed by atoms with Crippen LogP contribution in [0.5, 0.6) is 0 Å². The van der Waals surface area contributed by atoms with E-state index in [0.29, 0.717) is 17.7 Å². The van der Waals surface area contributed by atoms with Gasteiger partial charge < -0.3 is 28.4 Å². The van der Waals surface area contributed by atoms with Gasteiger partial charge in [0.05, 0.1) is 23.8 Å². The quantitative estimate of drug-likeness (QED) is 0.340. The standard InChI is InChI=1S/C31H32O8/c1-31(2)38-27-26(34-19-21-12-6-3-7-13-21)25(37-30(27)39-31)18-24(36-29(33)23-16-10-5-11-17-23)20-35-28(32)22-14-8-4-9-15-22/h3-17,24-27,30H,18-20H2,1-2H3/t24-,25-,26+,27-,30-/m1/s1. The van der Waals surface area contributed by atoms with Gasteiger partial charge in [-0.15, -0.1) is 0 Å². The number of ether oxygens (including phenoxy) is 6. The average Bonchev–Trinajstić information content (AvgIpc) is 3.42. The molecule has 3 aromatic rings. The Kier molecular flexibility index (Phi) is 8.38. The molecule has 0 radical (unpaired) electrons. The SMILES string of the molecule is CC1(C)O[C@H]2O[C@H](C[C@H](COC(=O)c3ccccc3)OC(=O)c3ccccc3)[C@H](OCc3ccccc3)[C@H]2O1. The Morgan fingerprint density at radius 3 is 2.05 bits per heavy atom. The van der Waals surface area contributed by atoms with Gasteiger partial charge in [-0.3, -0.25) is 0 Å². The highest BCUT2D eigenvalue weighted by molar-refractivity contribution is 5.90. The zero-order chi connectivity index (χ0) is 27.2. The maximum atomic E-state index is 12.9. The van der Waals surface area contributed by atoms with E-state index in [0.717, 1.165) is 5.56 Å². The van der Waals surface area contributed by atoms with E-state index in [1.165, 1.54) is 0 Å². The van der Waals surface area contributed by atoms with Crippen LogP contribution >= 0.6 is 0 Å². The minimum atomic E-state index is -0.820. The summed E-state index contributed by atoms with van der Waals surface area (Å²) in [5.74, 6) is -1.85. The van der Waals surface area contributed by atoms with Gasteiger partial charge in [0.2, 0.25) is 0 Å². The molecule has 2 fully saturated rings. The summed E-state index contributed by atoms with van der Waals surface area (Å²) in [5.41, 5.74) is 1.80. The van der Waals surface area contributed by atoms with E-state index >= 15 is 0 Å².